The van der Waals surface area contributed by atoms with E-state index in [1.54, 1.807) is 12.1 Å². The Labute approximate surface area is 118 Å². The Morgan fingerprint density at radius 1 is 1.25 bits per heavy atom. The van der Waals surface area contributed by atoms with Crippen molar-refractivity contribution in [1.82, 2.24) is 5.32 Å². The summed E-state index contributed by atoms with van der Waals surface area (Å²) in [7, 11) is 2.94. The third kappa shape index (κ3) is 4.15. The van der Waals surface area contributed by atoms with E-state index < -0.39 is 0 Å². The number of aldehydes is 1. The zero-order valence-corrected chi connectivity index (χ0v) is 11.9. The molecule has 1 aromatic rings. The van der Waals surface area contributed by atoms with Gasteiger partial charge in [0.25, 0.3) is 0 Å². The van der Waals surface area contributed by atoms with Crippen LogP contribution in [0.4, 0.5) is 0 Å². The smallest absolute Gasteiger partial charge is 0.223 e. The number of methoxy groups -OCH3 is 2. The van der Waals surface area contributed by atoms with Gasteiger partial charge in [-0.2, -0.15) is 0 Å². The maximum Gasteiger partial charge on any atom is 0.223 e. The number of carbonyl (C=O) groups excluding carboxylic acids is 2. The van der Waals surface area contributed by atoms with Gasteiger partial charge in [-0.25, -0.2) is 0 Å². The van der Waals surface area contributed by atoms with Crippen LogP contribution in [-0.2, 0) is 4.79 Å². The Bertz CT molecular complexity index is 448. The number of rotatable bonds is 8. The third-order valence-electron chi connectivity index (χ3n) is 2.57. The number of amides is 1. The van der Waals surface area contributed by atoms with Crippen LogP contribution in [0.1, 0.15) is 23.7 Å². The van der Waals surface area contributed by atoms with Crippen molar-refractivity contribution in [2.24, 2.45) is 0 Å². The van der Waals surface area contributed by atoms with E-state index >= 15 is 0 Å². The number of hydrogen-bond donors (Lipinski definition) is 1. The molecule has 0 aliphatic rings. The molecule has 0 saturated heterocycles. The maximum atomic E-state index is 11.3. The van der Waals surface area contributed by atoms with Gasteiger partial charge in [-0.3, -0.25) is 9.59 Å². The maximum absolute atomic E-state index is 11.3. The molecule has 0 bridgehead atoms. The predicted molar refractivity (Wildman–Crippen MR) is 73.7 cm³/mol. The fraction of sp³-hybridized carbons (Fsp3) is 0.429. The lowest BCUT2D eigenvalue weighted by Crippen LogP contribution is -2.24. The molecule has 0 heterocycles. The molecule has 6 heteroatoms. The second-order valence-corrected chi connectivity index (χ2v) is 3.92. The minimum absolute atomic E-state index is 0.0880. The van der Waals surface area contributed by atoms with E-state index in [9.17, 15) is 9.59 Å². The minimum Gasteiger partial charge on any atom is -0.493 e. The van der Waals surface area contributed by atoms with Crippen LogP contribution < -0.4 is 19.5 Å². The minimum atomic E-state index is -0.0880. The Balaban J connectivity index is 2.82. The van der Waals surface area contributed by atoms with Crippen molar-refractivity contribution in [1.29, 1.82) is 0 Å². The highest BCUT2D eigenvalue weighted by Gasteiger charge is 2.14. The number of carbonyl (C=O) groups is 2. The second kappa shape index (κ2) is 8.04. The third-order valence-corrected chi connectivity index (χ3v) is 2.57. The van der Waals surface area contributed by atoms with E-state index in [4.69, 9.17) is 14.2 Å². The number of nitrogens with one attached hydrogen (secondary N) is 1. The first-order chi connectivity index (χ1) is 9.65. The van der Waals surface area contributed by atoms with Crippen LogP contribution in [0.15, 0.2) is 12.1 Å². The van der Waals surface area contributed by atoms with Gasteiger partial charge in [-0.05, 0) is 19.1 Å². The zero-order valence-electron chi connectivity index (χ0n) is 11.9. The molecule has 0 aromatic heterocycles. The standard InChI is InChI=1S/C14H19NO5/c1-4-15-13(17)5-6-20-14-11(18-2)7-10(9-16)8-12(14)19-3/h7-9H,4-6H2,1-3H3,(H,15,17). The zero-order chi connectivity index (χ0) is 15.0. The highest BCUT2D eigenvalue weighted by Crippen LogP contribution is 2.38. The molecule has 0 aliphatic carbocycles. The molecule has 0 spiro atoms. The van der Waals surface area contributed by atoms with Gasteiger partial charge in [0.1, 0.15) is 6.29 Å². The summed E-state index contributed by atoms with van der Waals surface area (Å²) in [6, 6.07) is 3.11. The fourth-order valence-corrected chi connectivity index (χ4v) is 1.64. The summed E-state index contributed by atoms with van der Waals surface area (Å²) in [4.78, 5) is 22.2. The lowest BCUT2D eigenvalue weighted by atomic mass is 10.2. The molecular weight excluding hydrogens is 262 g/mol. The molecule has 0 unspecified atom stereocenters. The van der Waals surface area contributed by atoms with Gasteiger partial charge in [-0.15, -0.1) is 0 Å². The van der Waals surface area contributed by atoms with E-state index in [2.05, 4.69) is 5.32 Å². The first-order valence-electron chi connectivity index (χ1n) is 6.26. The summed E-state index contributed by atoms with van der Waals surface area (Å²) in [6.07, 6.45) is 0.930. The van der Waals surface area contributed by atoms with Gasteiger partial charge >= 0.3 is 0 Å². The van der Waals surface area contributed by atoms with Crippen molar-refractivity contribution in [3.63, 3.8) is 0 Å². The lowest BCUT2D eigenvalue weighted by molar-refractivity contribution is -0.121. The Morgan fingerprint density at radius 2 is 1.85 bits per heavy atom. The molecule has 20 heavy (non-hydrogen) atoms. The fourth-order valence-electron chi connectivity index (χ4n) is 1.64. The number of benzene rings is 1. The van der Waals surface area contributed by atoms with Crippen molar-refractivity contribution >= 4 is 12.2 Å². The van der Waals surface area contributed by atoms with E-state index in [0.717, 1.165) is 0 Å². The molecule has 0 aliphatic heterocycles. The van der Waals surface area contributed by atoms with Gasteiger partial charge in [0.2, 0.25) is 11.7 Å². The number of hydrogen-bond acceptors (Lipinski definition) is 5. The Kier molecular flexibility index (Phi) is 6.36. The average molecular weight is 281 g/mol. The summed E-state index contributed by atoms with van der Waals surface area (Å²) in [5, 5.41) is 2.68. The summed E-state index contributed by atoms with van der Waals surface area (Å²) in [6.45, 7) is 2.63. The molecule has 1 rings (SSSR count). The van der Waals surface area contributed by atoms with E-state index in [-0.39, 0.29) is 18.9 Å². The average Bonchev–Trinajstić information content (AvgIpc) is 2.47. The largest absolute Gasteiger partial charge is 0.493 e. The SMILES string of the molecule is CCNC(=O)CCOc1c(OC)cc(C=O)cc1OC. The van der Waals surface area contributed by atoms with Crippen molar-refractivity contribution in [3.05, 3.63) is 17.7 Å². The molecule has 0 radical (unpaired) electrons. The van der Waals surface area contributed by atoms with Gasteiger partial charge in [0, 0.05) is 12.1 Å². The van der Waals surface area contributed by atoms with Crippen LogP contribution in [-0.4, -0.2) is 39.6 Å². The molecule has 0 saturated carbocycles. The van der Waals surface area contributed by atoms with Gasteiger partial charge in [0.05, 0.1) is 27.2 Å². The summed E-state index contributed by atoms with van der Waals surface area (Å²) in [5.74, 6) is 1.07. The van der Waals surface area contributed by atoms with Gasteiger partial charge in [-0.1, -0.05) is 0 Å². The molecule has 1 aromatic carbocycles. The summed E-state index contributed by atoms with van der Waals surface area (Å²) >= 11 is 0. The first-order valence-corrected chi connectivity index (χ1v) is 6.26. The second-order valence-electron chi connectivity index (χ2n) is 3.92. The molecule has 110 valence electrons. The van der Waals surface area contributed by atoms with Crippen molar-refractivity contribution in [3.8, 4) is 17.2 Å². The van der Waals surface area contributed by atoms with Gasteiger partial charge in [0.15, 0.2) is 11.5 Å². The molecule has 0 atom stereocenters. The van der Waals surface area contributed by atoms with Crippen molar-refractivity contribution in [2.75, 3.05) is 27.4 Å². The van der Waals surface area contributed by atoms with Crippen LogP contribution in [0.5, 0.6) is 17.2 Å². The van der Waals surface area contributed by atoms with Crippen molar-refractivity contribution in [2.45, 2.75) is 13.3 Å². The Hall–Kier alpha value is -2.24. The molecular formula is C14H19NO5. The van der Waals surface area contributed by atoms with E-state index in [1.807, 2.05) is 6.92 Å². The predicted octanol–water partition coefficient (Wildman–Crippen LogP) is 1.42. The quantitative estimate of drug-likeness (QED) is 0.729. The summed E-state index contributed by atoms with van der Waals surface area (Å²) < 4.78 is 15.9. The van der Waals surface area contributed by atoms with E-state index in [0.29, 0.717) is 35.6 Å². The van der Waals surface area contributed by atoms with Gasteiger partial charge < -0.3 is 19.5 Å². The van der Waals surface area contributed by atoms with Crippen LogP contribution in [0, 0.1) is 0 Å². The summed E-state index contributed by atoms with van der Waals surface area (Å²) in [5.41, 5.74) is 0.426. The molecule has 6 nitrogen and oxygen atoms in total. The van der Waals surface area contributed by atoms with Crippen LogP contribution >= 0.6 is 0 Å². The van der Waals surface area contributed by atoms with E-state index in [1.165, 1.54) is 14.2 Å². The monoisotopic (exact) mass is 281 g/mol. The molecule has 1 N–H and O–H groups in total. The highest BCUT2D eigenvalue weighted by atomic mass is 16.5. The molecule has 0 fully saturated rings. The highest BCUT2D eigenvalue weighted by molar-refractivity contribution is 5.78. The normalized spacial score (nSPS) is 9.75. The molecule has 1 amide bonds. The number of ether oxygens (including phenoxy) is 3. The first kappa shape index (κ1) is 15.8. The van der Waals surface area contributed by atoms with Crippen LogP contribution in [0.25, 0.3) is 0 Å². The van der Waals surface area contributed by atoms with Crippen LogP contribution in [0.3, 0.4) is 0 Å². The van der Waals surface area contributed by atoms with Crippen LogP contribution in [0.2, 0.25) is 0 Å². The topological polar surface area (TPSA) is 73.9 Å². The van der Waals surface area contributed by atoms with Crippen molar-refractivity contribution < 1.29 is 23.8 Å². The lowest BCUT2D eigenvalue weighted by Gasteiger charge is -2.14. The Morgan fingerprint density at radius 3 is 2.30 bits per heavy atom.